The molecule has 114 valence electrons. The van der Waals surface area contributed by atoms with Crippen molar-refractivity contribution in [2.75, 3.05) is 13.2 Å². The zero-order chi connectivity index (χ0) is 15.2. The fourth-order valence-corrected chi connectivity index (χ4v) is 2.76. The number of hydrogen-bond donors (Lipinski definition) is 1. The molecule has 2 rings (SSSR count). The number of nitrogens with zero attached hydrogens (tertiary/aromatic N) is 1. The number of carbonyl (C=O) groups excluding carboxylic acids is 2. The highest BCUT2D eigenvalue weighted by molar-refractivity contribution is 5.95. The molecule has 1 aliphatic rings. The molecular weight excluding hydrogens is 268 g/mol. The van der Waals surface area contributed by atoms with Gasteiger partial charge in [-0.2, -0.15) is 0 Å². The molecule has 0 spiro atoms. The molecule has 0 unspecified atom stereocenters. The van der Waals surface area contributed by atoms with Crippen LogP contribution in [0.25, 0.3) is 0 Å². The normalized spacial score (nSPS) is 18.3. The molecule has 0 aromatic heterocycles. The number of nitrogens with two attached hydrogens (primary N) is 1. The molecule has 0 bridgehead atoms. The largest absolute Gasteiger partial charge is 0.494 e. The highest BCUT2D eigenvalue weighted by Crippen LogP contribution is 2.23. The van der Waals surface area contributed by atoms with E-state index in [1.807, 2.05) is 19.1 Å². The molecule has 1 fully saturated rings. The molecule has 5 heteroatoms. The molecule has 1 saturated heterocycles. The Morgan fingerprint density at radius 1 is 1.38 bits per heavy atom. The van der Waals surface area contributed by atoms with Crippen LogP contribution in [0.3, 0.4) is 0 Å². The van der Waals surface area contributed by atoms with Crippen LogP contribution in [0.1, 0.15) is 43.0 Å². The van der Waals surface area contributed by atoms with Gasteiger partial charge in [0.05, 0.1) is 6.61 Å². The number of rotatable bonds is 5. The number of amides is 2. The Balaban J connectivity index is 2.16. The highest BCUT2D eigenvalue weighted by atomic mass is 16.5. The summed E-state index contributed by atoms with van der Waals surface area (Å²) in [5.74, 6) is 0.275. The molecule has 1 aromatic carbocycles. The predicted octanol–water partition coefficient (Wildman–Crippen LogP) is 1.96. The number of ether oxygens (including phenoxy) is 1. The lowest BCUT2D eigenvalue weighted by atomic mass is 9.98. The first-order chi connectivity index (χ1) is 10.1. The van der Waals surface area contributed by atoms with Crippen LogP contribution in [-0.4, -0.2) is 35.9 Å². The second-order valence-corrected chi connectivity index (χ2v) is 5.28. The van der Waals surface area contributed by atoms with Gasteiger partial charge in [-0.3, -0.25) is 9.59 Å². The standard InChI is InChI=1S/C16H22N2O3/c1-2-21-14-8-5-6-12(10-14)16(20)18-9-4-3-7-13(18)11-15(17)19/h5-6,8,10,13H,2-4,7,9,11H2,1H3,(H2,17,19)/t13-/m1/s1. The Kier molecular flexibility index (Phi) is 5.20. The third-order valence-corrected chi connectivity index (χ3v) is 3.72. The van der Waals surface area contributed by atoms with Crippen molar-refractivity contribution >= 4 is 11.8 Å². The van der Waals surface area contributed by atoms with Crippen LogP contribution in [0.5, 0.6) is 5.75 Å². The van der Waals surface area contributed by atoms with Crippen molar-refractivity contribution in [3.8, 4) is 5.75 Å². The van der Waals surface area contributed by atoms with Crippen LogP contribution in [0.15, 0.2) is 24.3 Å². The zero-order valence-corrected chi connectivity index (χ0v) is 12.4. The first-order valence-corrected chi connectivity index (χ1v) is 7.44. The van der Waals surface area contributed by atoms with E-state index in [1.165, 1.54) is 0 Å². The summed E-state index contributed by atoms with van der Waals surface area (Å²) >= 11 is 0. The van der Waals surface area contributed by atoms with Gasteiger partial charge >= 0.3 is 0 Å². The molecule has 1 aliphatic heterocycles. The van der Waals surface area contributed by atoms with Crippen molar-refractivity contribution in [3.63, 3.8) is 0 Å². The number of benzene rings is 1. The van der Waals surface area contributed by atoms with E-state index < -0.39 is 0 Å². The minimum Gasteiger partial charge on any atom is -0.494 e. The van der Waals surface area contributed by atoms with Crippen LogP contribution in [-0.2, 0) is 4.79 Å². The van der Waals surface area contributed by atoms with Gasteiger partial charge in [0, 0.05) is 24.6 Å². The number of likely N-dealkylation sites (tertiary alicyclic amines) is 1. The maximum Gasteiger partial charge on any atom is 0.254 e. The molecule has 0 radical (unpaired) electrons. The summed E-state index contributed by atoms with van der Waals surface area (Å²) < 4.78 is 5.43. The number of primary amides is 1. The average molecular weight is 290 g/mol. The van der Waals surface area contributed by atoms with Crippen molar-refractivity contribution in [1.29, 1.82) is 0 Å². The van der Waals surface area contributed by atoms with Crippen LogP contribution in [0.4, 0.5) is 0 Å². The maximum atomic E-state index is 12.7. The predicted molar refractivity (Wildman–Crippen MR) is 80.1 cm³/mol. The summed E-state index contributed by atoms with van der Waals surface area (Å²) in [5, 5.41) is 0. The lowest BCUT2D eigenvalue weighted by Gasteiger charge is -2.35. The van der Waals surface area contributed by atoms with Gasteiger partial charge in [0.25, 0.3) is 5.91 Å². The van der Waals surface area contributed by atoms with Crippen molar-refractivity contribution in [1.82, 2.24) is 4.90 Å². The first-order valence-electron chi connectivity index (χ1n) is 7.44. The molecule has 1 heterocycles. The smallest absolute Gasteiger partial charge is 0.254 e. The van der Waals surface area contributed by atoms with Crippen LogP contribution in [0.2, 0.25) is 0 Å². The average Bonchev–Trinajstić information content (AvgIpc) is 2.47. The van der Waals surface area contributed by atoms with Gasteiger partial charge in [0.15, 0.2) is 0 Å². The van der Waals surface area contributed by atoms with E-state index in [-0.39, 0.29) is 24.3 Å². The fraction of sp³-hybridized carbons (Fsp3) is 0.500. The molecule has 1 aromatic rings. The van der Waals surface area contributed by atoms with Crippen molar-refractivity contribution in [3.05, 3.63) is 29.8 Å². The van der Waals surface area contributed by atoms with Crippen molar-refractivity contribution in [2.45, 2.75) is 38.6 Å². The van der Waals surface area contributed by atoms with Crippen molar-refractivity contribution < 1.29 is 14.3 Å². The Bertz CT molecular complexity index is 516. The second kappa shape index (κ2) is 7.11. The van der Waals surface area contributed by atoms with Crippen molar-refractivity contribution in [2.24, 2.45) is 5.73 Å². The number of carbonyl (C=O) groups is 2. The summed E-state index contributed by atoms with van der Waals surface area (Å²) in [6.45, 7) is 3.14. The van der Waals surface area contributed by atoms with E-state index in [9.17, 15) is 9.59 Å². The fourth-order valence-electron chi connectivity index (χ4n) is 2.76. The molecule has 21 heavy (non-hydrogen) atoms. The Morgan fingerprint density at radius 3 is 2.90 bits per heavy atom. The number of hydrogen-bond acceptors (Lipinski definition) is 3. The number of piperidine rings is 1. The third kappa shape index (κ3) is 3.97. The zero-order valence-electron chi connectivity index (χ0n) is 12.4. The van der Waals surface area contributed by atoms with E-state index in [0.717, 1.165) is 19.3 Å². The summed E-state index contributed by atoms with van der Waals surface area (Å²) in [6.07, 6.45) is 3.06. The molecular formula is C16H22N2O3. The SMILES string of the molecule is CCOc1cccc(C(=O)N2CCCC[C@@H]2CC(N)=O)c1. The second-order valence-electron chi connectivity index (χ2n) is 5.28. The highest BCUT2D eigenvalue weighted by Gasteiger charge is 2.28. The third-order valence-electron chi connectivity index (χ3n) is 3.72. The summed E-state index contributed by atoms with van der Waals surface area (Å²) in [7, 11) is 0. The summed E-state index contributed by atoms with van der Waals surface area (Å²) in [4.78, 5) is 25.6. The van der Waals surface area contributed by atoms with Crippen LogP contribution >= 0.6 is 0 Å². The van der Waals surface area contributed by atoms with Gasteiger partial charge in [-0.05, 0) is 44.4 Å². The topological polar surface area (TPSA) is 72.6 Å². The monoisotopic (exact) mass is 290 g/mol. The summed E-state index contributed by atoms with van der Waals surface area (Å²) in [5.41, 5.74) is 5.89. The molecule has 2 amide bonds. The molecule has 5 nitrogen and oxygen atoms in total. The maximum absolute atomic E-state index is 12.7. The first kappa shape index (κ1) is 15.4. The molecule has 1 atom stereocenters. The van der Waals surface area contributed by atoms with Gasteiger partial charge in [0.2, 0.25) is 5.91 Å². The molecule has 2 N–H and O–H groups in total. The lowest BCUT2D eigenvalue weighted by Crippen LogP contribution is -2.45. The Labute approximate surface area is 125 Å². The quantitative estimate of drug-likeness (QED) is 0.901. The van der Waals surface area contributed by atoms with E-state index in [0.29, 0.717) is 24.5 Å². The molecule has 0 saturated carbocycles. The minimum absolute atomic E-state index is 0.0532. The van der Waals surface area contributed by atoms with Crippen LogP contribution < -0.4 is 10.5 Å². The van der Waals surface area contributed by atoms with Gasteiger partial charge in [-0.1, -0.05) is 6.07 Å². The van der Waals surface area contributed by atoms with Gasteiger partial charge in [-0.15, -0.1) is 0 Å². The van der Waals surface area contributed by atoms with Gasteiger partial charge in [-0.25, -0.2) is 0 Å². The Morgan fingerprint density at radius 2 is 2.19 bits per heavy atom. The van der Waals surface area contributed by atoms with E-state index in [1.54, 1.807) is 17.0 Å². The van der Waals surface area contributed by atoms with Gasteiger partial charge in [0.1, 0.15) is 5.75 Å². The molecule has 0 aliphatic carbocycles. The van der Waals surface area contributed by atoms with Gasteiger partial charge < -0.3 is 15.4 Å². The summed E-state index contributed by atoms with van der Waals surface area (Å²) in [6, 6.07) is 7.09. The van der Waals surface area contributed by atoms with Crippen LogP contribution in [0, 0.1) is 0 Å². The van der Waals surface area contributed by atoms with E-state index in [2.05, 4.69) is 0 Å². The minimum atomic E-state index is -0.359. The van der Waals surface area contributed by atoms with E-state index in [4.69, 9.17) is 10.5 Å². The van der Waals surface area contributed by atoms with E-state index >= 15 is 0 Å². The Hall–Kier alpha value is -2.04. The lowest BCUT2D eigenvalue weighted by molar-refractivity contribution is -0.119.